The molecule has 0 amide bonds. The molecule has 84 valence electrons. The molecule has 0 fully saturated rings. The first-order valence-electron chi connectivity index (χ1n) is 5.61. The number of aryl methyl sites for hydroxylation is 1. The van der Waals surface area contributed by atoms with Crippen LogP contribution in [0.2, 0.25) is 0 Å². The van der Waals surface area contributed by atoms with E-state index in [1.165, 1.54) is 6.42 Å². The van der Waals surface area contributed by atoms with E-state index in [0.29, 0.717) is 6.04 Å². The van der Waals surface area contributed by atoms with Crippen LogP contribution < -0.4 is 11.1 Å². The lowest BCUT2D eigenvalue weighted by molar-refractivity contribution is 0.540. The predicted molar refractivity (Wildman–Crippen MR) is 68.1 cm³/mol. The number of rotatable bonds is 4. The van der Waals surface area contributed by atoms with E-state index in [1.807, 2.05) is 13.0 Å². The molecule has 0 bridgehead atoms. The second-order valence-electron chi connectivity index (χ2n) is 4.75. The summed E-state index contributed by atoms with van der Waals surface area (Å²) in [6.45, 7) is 8.70. The molecule has 15 heavy (non-hydrogen) atoms. The van der Waals surface area contributed by atoms with Crippen LogP contribution in [0.5, 0.6) is 0 Å². The summed E-state index contributed by atoms with van der Waals surface area (Å²) < 4.78 is 0. The van der Waals surface area contributed by atoms with E-state index >= 15 is 0 Å². The minimum Gasteiger partial charge on any atom is -0.398 e. The van der Waals surface area contributed by atoms with Crippen LogP contribution in [0.3, 0.4) is 0 Å². The number of hydrogen-bond acceptors (Lipinski definition) is 2. The average Bonchev–Trinajstić information content (AvgIpc) is 2.10. The van der Waals surface area contributed by atoms with Crippen molar-refractivity contribution >= 4 is 11.4 Å². The second kappa shape index (κ2) is 5.06. The highest BCUT2D eigenvalue weighted by molar-refractivity contribution is 5.58. The Morgan fingerprint density at radius 1 is 1.27 bits per heavy atom. The van der Waals surface area contributed by atoms with Gasteiger partial charge in [0, 0.05) is 17.4 Å². The van der Waals surface area contributed by atoms with Gasteiger partial charge in [0.25, 0.3) is 0 Å². The largest absolute Gasteiger partial charge is 0.398 e. The molecule has 0 aliphatic rings. The first kappa shape index (κ1) is 11.9. The molecule has 1 atom stereocenters. The van der Waals surface area contributed by atoms with E-state index in [2.05, 4.69) is 38.2 Å². The summed E-state index contributed by atoms with van der Waals surface area (Å²) in [4.78, 5) is 0. The Kier molecular flexibility index (Phi) is 4.01. The van der Waals surface area contributed by atoms with Crippen molar-refractivity contribution in [3.8, 4) is 0 Å². The van der Waals surface area contributed by atoms with Gasteiger partial charge in [-0.3, -0.25) is 0 Å². The van der Waals surface area contributed by atoms with Gasteiger partial charge in [-0.1, -0.05) is 19.9 Å². The van der Waals surface area contributed by atoms with Gasteiger partial charge in [0.2, 0.25) is 0 Å². The van der Waals surface area contributed by atoms with Crippen LogP contribution in [0.4, 0.5) is 11.4 Å². The second-order valence-corrected chi connectivity index (χ2v) is 4.75. The van der Waals surface area contributed by atoms with Gasteiger partial charge >= 0.3 is 0 Å². The highest BCUT2D eigenvalue weighted by atomic mass is 14.9. The number of hydrogen-bond donors (Lipinski definition) is 2. The third kappa shape index (κ3) is 3.82. The number of nitrogens with one attached hydrogen (secondary N) is 1. The molecular weight excluding hydrogens is 184 g/mol. The molecule has 2 nitrogen and oxygen atoms in total. The van der Waals surface area contributed by atoms with Crippen molar-refractivity contribution in [1.82, 2.24) is 0 Å². The summed E-state index contributed by atoms with van der Waals surface area (Å²) in [5.74, 6) is 0.718. The lowest BCUT2D eigenvalue weighted by Crippen LogP contribution is -2.17. The van der Waals surface area contributed by atoms with Crippen LogP contribution >= 0.6 is 0 Å². The Morgan fingerprint density at radius 2 is 1.93 bits per heavy atom. The van der Waals surface area contributed by atoms with E-state index in [9.17, 15) is 0 Å². The maximum atomic E-state index is 5.86. The van der Waals surface area contributed by atoms with Crippen molar-refractivity contribution < 1.29 is 0 Å². The first-order valence-corrected chi connectivity index (χ1v) is 5.61. The van der Waals surface area contributed by atoms with Crippen LogP contribution in [-0.4, -0.2) is 6.04 Å². The number of anilines is 2. The average molecular weight is 206 g/mol. The fourth-order valence-electron chi connectivity index (χ4n) is 1.78. The fraction of sp³-hybridized carbons (Fsp3) is 0.538. The van der Waals surface area contributed by atoms with Gasteiger partial charge in [-0.25, -0.2) is 0 Å². The molecule has 0 radical (unpaired) electrons. The normalized spacial score (nSPS) is 12.9. The van der Waals surface area contributed by atoms with Crippen molar-refractivity contribution in [3.63, 3.8) is 0 Å². The maximum Gasteiger partial charge on any atom is 0.0364 e. The molecular formula is C13H22N2. The van der Waals surface area contributed by atoms with Crippen LogP contribution in [0, 0.1) is 12.8 Å². The highest BCUT2D eigenvalue weighted by Crippen LogP contribution is 2.18. The summed E-state index contributed by atoms with van der Waals surface area (Å²) in [5.41, 5.74) is 8.97. The molecule has 1 unspecified atom stereocenters. The third-order valence-electron chi connectivity index (χ3n) is 2.52. The van der Waals surface area contributed by atoms with Crippen molar-refractivity contribution in [2.45, 2.75) is 40.2 Å². The highest BCUT2D eigenvalue weighted by Gasteiger charge is 2.05. The number of nitrogen functional groups attached to an aromatic ring is 1. The van der Waals surface area contributed by atoms with E-state index in [4.69, 9.17) is 5.73 Å². The van der Waals surface area contributed by atoms with Crippen molar-refractivity contribution in [2.24, 2.45) is 5.92 Å². The number of benzene rings is 1. The first-order chi connectivity index (χ1) is 6.99. The molecule has 0 aromatic heterocycles. The molecule has 0 spiro atoms. The lowest BCUT2D eigenvalue weighted by atomic mass is 10.0. The van der Waals surface area contributed by atoms with Gasteiger partial charge < -0.3 is 11.1 Å². The van der Waals surface area contributed by atoms with Gasteiger partial charge in [-0.05, 0) is 43.9 Å². The summed E-state index contributed by atoms with van der Waals surface area (Å²) in [7, 11) is 0. The topological polar surface area (TPSA) is 38.0 Å². The molecule has 0 saturated heterocycles. The van der Waals surface area contributed by atoms with Crippen molar-refractivity contribution in [2.75, 3.05) is 11.1 Å². The summed E-state index contributed by atoms with van der Waals surface area (Å²) in [6.07, 6.45) is 1.17. The summed E-state index contributed by atoms with van der Waals surface area (Å²) >= 11 is 0. The van der Waals surface area contributed by atoms with E-state index in [-0.39, 0.29) is 0 Å². The van der Waals surface area contributed by atoms with E-state index in [1.54, 1.807) is 0 Å². The zero-order valence-corrected chi connectivity index (χ0v) is 10.2. The lowest BCUT2D eigenvalue weighted by Gasteiger charge is -2.17. The minimum absolute atomic E-state index is 0.493. The molecule has 0 aliphatic carbocycles. The standard InChI is InChI=1S/C13H22N2/c1-9(2)7-11(4)15-12-6-5-10(3)13(14)8-12/h5-6,8-9,11,15H,7,14H2,1-4H3. The predicted octanol–water partition coefficient (Wildman–Crippen LogP) is 3.42. The van der Waals surface area contributed by atoms with Gasteiger partial charge in [0.1, 0.15) is 0 Å². The van der Waals surface area contributed by atoms with Crippen LogP contribution in [0.15, 0.2) is 18.2 Å². The number of nitrogens with two attached hydrogens (primary N) is 1. The molecule has 1 aromatic carbocycles. The minimum atomic E-state index is 0.493. The van der Waals surface area contributed by atoms with E-state index < -0.39 is 0 Å². The molecule has 0 aliphatic heterocycles. The zero-order chi connectivity index (χ0) is 11.4. The maximum absolute atomic E-state index is 5.86. The van der Waals surface area contributed by atoms with E-state index in [0.717, 1.165) is 22.9 Å². The molecule has 1 rings (SSSR count). The summed E-state index contributed by atoms with van der Waals surface area (Å²) in [5, 5.41) is 3.46. The molecule has 0 saturated carbocycles. The van der Waals surface area contributed by atoms with Gasteiger partial charge in [0.05, 0.1) is 0 Å². The Labute approximate surface area is 92.9 Å². The van der Waals surface area contributed by atoms with Crippen molar-refractivity contribution in [1.29, 1.82) is 0 Å². The molecule has 3 N–H and O–H groups in total. The smallest absolute Gasteiger partial charge is 0.0364 e. The fourth-order valence-corrected chi connectivity index (χ4v) is 1.78. The Hall–Kier alpha value is -1.18. The van der Waals surface area contributed by atoms with Crippen molar-refractivity contribution in [3.05, 3.63) is 23.8 Å². The van der Waals surface area contributed by atoms with Crippen LogP contribution in [0.25, 0.3) is 0 Å². The zero-order valence-electron chi connectivity index (χ0n) is 10.2. The van der Waals surface area contributed by atoms with Gasteiger partial charge in [-0.2, -0.15) is 0 Å². The van der Waals surface area contributed by atoms with Crippen LogP contribution in [-0.2, 0) is 0 Å². The summed E-state index contributed by atoms with van der Waals surface area (Å²) in [6, 6.07) is 6.64. The monoisotopic (exact) mass is 206 g/mol. The van der Waals surface area contributed by atoms with Gasteiger partial charge in [0.15, 0.2) is 0 Å². The molecule has 1 aromatic rings. The third-order valence-corrected chi connectivity index (χ3v) is 2.52. The van der Waals surface area contributed by atoms with Gasteiger partial charge in [-0.15, -0.1) is 0 Å². The van der Waals surface area contributed by atoms with Crippen LogP contribution in [0.1, 0.15) is 32.8 Å². The Bertz CT molecular complexity index is 318. The molecule has 0 heterocycles. The SMILES string of the molecule is Cc1ccc(NC(C)CC(C)C)cc1N. The Balaban J connectivity index is 2.60. The Morgan fingerprint density at radius 3 is 2.47 bits per heavy atom. The quantitative estimate of drug-likeness (QED) is 0.741. The molecule has 2 heteroatoms.